The van der Waals surface area contributed by atoms with Crippen LogP contribution in [0.4, 0.5) is 0 Å². The van der Waals surface area contributed by atoms with E-state index in [2.05, 4.69) is 12.2 Å². The second kappa shape index (κ2) is 5.23. The number of amides is 2. The topological polar surface area (TPSA) is 49.4 Å². The number of carbonyl (C=O) groups excluding carboxylic acids is 2. The molecule has 0 aromatic carbocycles. The number of hydrogen-bond donors (Lipinski definition) is 1. The third-order valence-corrected chi connectivity index (χ3v) is 5.15. The van der Waals surface area contributed by atoms with Crippen LogP contribution in [-0.4, -0.2) is 34.8 Å². The van der Waals surface area contributed by atoms with Crippen LogP contribution in [0.1, 0.15) is 58.3 Å². The van der Waals surface area contributed by atoms with Crippen LogP contribution in [-0.2, 0) is 9.59 Å². The summed E-state index contributed by atoms with van der Waals surface area (Å²) in [6.07, 6.45) is 8.30. The maximum atomic E-state index is 12.4. The molecule has 4 nitrogen and oxygen atoms in total. The van der Waals surface area contributed by atoms with Crippen molar-refractivity contribution in [1.82, 2.24) is 10.2 Å². The van der Waals surface area contributed by atoms with Gasteiger partial charge < -0.3 is 5.32 Å². The molecule has 0 spiro atoms. The Morgan fingerprint density at radius 3 is 2.42 bits per heavy atom. The van der Waals surface area contributed by atoms with E-state index in [1.54, 1.807) is 4.90 Å². The van der Waals surface area contributed by atoms with Crippen molar-refractivity contribution in [3.8, 4) is 0 Å². The van der Waals surface area contributed by atoms with E-state index in [9.17, 15) is 9.59 Å². The highest BCUT2D eigenvalue weighted by molar-refractivity contribution is 6.05. The summed E-state index contributed by atoms with van der Waals surface area (Å²) in [6, 6.07) is 0.358. The van der Waals surface area contributed by atoms with Gasteiger partial charge in [0.25, 0.3) is 0 Å². The lowest BCUT2D eigenvalue weighted by molar-refractivity contribution is -0.141. The quantitative estimate of drug-likeness (QED) is 0.791. The number of nitrogens with one attached hydrogen (secondary N) is 1. The molecule has 0 aromatic rings. The van der Waals surface area contributed by atoms with Crippen molar-refractivity contribution in [2.75, 3.05) is 0 Å². The second-order valence-corrected chi connectivity index (χ2v) is 6.48. The highest BCUT2D eigenvalue weighted by Crippen LogP contribution is 2.30. The summed E-state index contributed by atoms with van der Waals surface area (Å²) in [5.74, 6) is 0.708. The maximum Gasteiger partial charge on any atom is 0.247 e. The predicted octanol–water partition coefficient (Wildman–Crippen LogP) is 1.83. The van der Waals surface area contributed by atoms with Gasteiger partial charge in [-0.2, -0.15) is 0 Å². The van der Waals surface area contributed by atoms with Crippen LogP contribution in [0.5, 0.6) is 0 Å². The zero-order valence-corrected chi connectivity index (χ0v) is 11.7. The number of rotatable bonds is 3. The van der Waals surface area contributed by atoms with Crippen LogP contribution in [0.25, 0.3) is 0 Å². The summed E-state index contributed by atoms with van der Waals surface area (Å²) in [7, 11) is 0. The fourth-order valence-corrected chi connectivity index (χ4v) is 3.98. The summed E-state index contributed by atoms with van der Waals surface area (Å²) in [5.41, 5.74) is 0. The molecule has 2 amide bonds. The smallest absolute Gasteiger partial charge is 0.247 e. The molecule has 1 heterocycles. The van der Waals surface area contributed by atoms with Crippen molar-refractivity contribution in [1.29, 1.82) is 0 Å². The van der Waals surface area contributed by atoms with E-state index in [4.69, 9.17) is 0 Å². The summed E-state index contributed by atoms with van der Waals surface area (Å²) in [5, 5.41) is 3.45. The van der Waals surface area contributed by atoms with E-state index < -0.39 is 0 Å². The Balaban J connectivity index is 1.64. The fraction of sp³-hybridized carbons (Fsp3) is 0.867. The molecule has 2 saturated carbocycles. The molecule has 0 radical (unpaired) electrons. The molecular formula is C15H24N2O2. The van der Waals surface area contributed by atoms with Gasteiger partial charge in [-0.1, -0.05) is 26.2 Å². The molecular weight excluding hydrogens is 240 g/mol. The zero-order valence-electron chi connectivity index (χ0n) is 11.7. The molecule has 3 aliphatic rings. The van der Waals surface area contributed by atoms with E-state index >= 15 is 0 Å². The monoisotopic (exact) mass is 264 g/mol. The SMILES string of the molecule is CC1CCCC1NC1CC(=O)N(C2CCCC2)C1=O. The Morgan fingerprint density at radius 2 is 1.79 bits per heavy atom. The first-order valence-corrected chi connectivity index (χ1v) is 7.79. The lowest BCUT2D eigenvalue weighted by Gasteiger charge is -2.24. The number of imide groups is 1. The molecule has 1 aliphatic heterocycles. The molecule has 3 fully saturated rings. The van der Waals surface area contributed by atoms with E-state index in [0.717, 1.165) is 32.1 Å². The van der Waals surface area contributed by atoms with Crippen molar-refractivity contribution in [3.63, 3.8) is 0 Å². The van der Waals surface area contributed by atoms with Gasteiger partial charge in [0.15, 0.2) is 0 Å². The van der Waals surface area contributed by atoms with Gasteiger partial charge >= 0.3 is 0 Å². The standard InChI is InChI=1S/C15H24N2O2/c1-10-5-4-8-12(10)16-13-9-14(18)17(15(13)19)11-6-2-3-7-11/h10-13,16H,2-9H2,1H3. The minimum atomic E-state index is -0.251. The summed E-state index contributed by atoms with van der Waals surface area (Å²) >= 11 is 0. The molecule has 19 heavy (non-hydrogen) atoms. The summed E-state index contributed by atoms with van der Waals surface area (Å²) in [6.45, 7) is 2.24. The van der Waals surface area contributed by atoms with Crippen molar-refractivity contribution < 1.29 is 9.59 Å². The number of likely N-dealkylation sites (tertiary alicyclic amines) is 1. The molecule has 1 N–H and O–H groups in total. The maximum absolute atomic E-state index is 12.4. The first-order valence-electron chi connectivity index (χ1n) is 7.79. The molecule has 3 atom stereocenters. The van der Waals surface area contributed by atoms with Crippen LogP contribution >= 0.6 is 0 Å². The van der Waals surface area contributed by atoms with Crippen molar-refractivity contribution in [2.24, 2.45) is 5.92 Å². The van der Waals surface area contributed by atoms with Crippen LogP contribution in [0.3, 0.4) is 0 Å². The minimum absolute atomic E-state index is 0.0380. The largest absolute Gasteiger partial charge is 0.302 e. The van der Waals surface area contributed by atoms with Gasteiger partial charge in [0, 0.05) is 12.1 Å². The van der Waals surface area contributed by atoms with Crippen LogP contribution in [0, 0.1) is 5.92 Å². The highest BCUT2D eigenvalue weighted by atomic mass is 16.2. The molecule has 0 aromatic heterocycles. The van der Waals surface area contributed by atoms with E-state index in [0.29, 0.717) is 18.4 Å². The van der Waals surface area contributed by atoms with E-state index in [-0.39, 0.29) is 23.9 Å². The Bertz CT molecular complexity index is 376. The fourth-order valence-electron chi connectivity index (χ4n) is 3.98. The minimum Gasteiger partial charge on any atom is -0.302 e. The third kappa shape index (κ3) is 2.42. The Labute approximate surface area is 114 Å². The number of carbonyl (C=O) groups is 2. The normalized spacial score (nSPS) is 36.7. The Hall–Kier alpha value is -0.900. The molecule has 106 valence electrons. The molecule has 3 unspecified atom stereocenters. The first kappa shape index (κ1) is 13.1. The zero-order chi connectivity index (χ0) is 13.4. The van der Waals surface area contributed by atoms with Crippen molar-refractivity contribution in [3.05, 3.63) is 0 Å². The highest BCUT2D eigenvalue weighted by Gasteiger charge is 2.44. The number of hydrogen-bond acceptors (Lipinski definition) is 3. The number of nitrogens with zero attached hydrogens (tertiary/aromatic N) is 1. The lowest BCUT2D eigenvalue weighted by Crippen LogP contribution is -2.46. The lowest BCUT2D eigenvalue weighted by atomic mass is 10.0. The predicted molar refractivity (Wildman–Crippen MR) is 72.5 cm³/mol. The molecule has 4 heteroatoms. The summed E-state index contributed by atoms with van der Waals surface area (Å²) in [4.78, 5) is 26.1. The van der Waals surface area contributed by atoms with Gasteiger partial charge in [-0.3, -0.25) is 14.5 Å². The van der Waals surface area contributed by atoms with Gasteiger partial charge in [-0.05, 0) is 31.6 Å². The summed E-state index contributed by atoms with van der Waals surface area (Å²) < 4.78 is 0. The van der Waals surface area contributed by atoms with Gasteiger partial charge in [-0.25, -0.2) is 0 Å². The molecule has 0 bridgehead atoms. The van der Waals surface area contributed by atoms with Gasteiger partial charge in [0.1, 0.15) is 0 Å². The van der Waals surface area contributed by atoms with E-state index in [1.807, 2.05) is 0 Å². The van der Waals surface area contributed by atoms with Crippen LogP contribution in [0.15, 0.2) is 0 Å². The van der Waals surface area contributed by atoms with Gasteiger partial charge in [0.2, 0.25) is 11.8 Å². The second-order valence-electron chi connectivity index (χ2n) is 6.48. The third-order valence-electron chi connectivity index (χ3n) is 5.15. The van der Waals surface area contributed by atoms with Gasteiger partial charge in [0.05, 0.1) is 12.5 Å². The van der Waals surface area contributed by atoms with E-state index in [1.165, 1.54) is 12.8 Å². The molecule has 2 aliphatic carbocycles. The first-order chi connectivity index (χ1) is 9.16. The molecule has 1 saturated heterocycles. The average Bonchev–Trinajstić information content (AvgIpc) is 3.05. The average molecular weight is 264 g/mol. The Kier molecular flexibility index (Phi) is 3.61. The van der Waals surface area contributed by atoms with Crippen molar-refractivity contribution in [2.45, 2.75) is 76.4 Å². The van der Waals surface area contributed by atoms with Crippen LogP contribution < -0.4 is 5.32 Å². The molecule has 3 rings (SSSR count). The van der Waals surface area contributed by atoms with Crippen molar-refractivity contribution >= 4 is 11.8 Å². The van der Waals surface area contributed by atoms with Gasteiger partial charge in [-0.15, -0.1) is 0 Å². The Morgan fingerprint density at radius 1 is 1.05 bits per heavy atom. The van der Waals surface area contributed by atoms with Crippen LogP contribution in [0.2, 0.25) is 0 Å².